The predicted octanol–water partition coefficient (Wildman–Crippen LogP) is 4.45. The maximum Gasteiger partial charge on any atom is 0.266 e. The third-order valence-corrected chi connectivity index (χ3v) is 6.47. The van der Waals surface area contributed by atoms with E-state index in [9.17, 15) is 14.0 Å². The van der Waals surface area contributed by atoms with Gasteiger partial charge in [-0.1, -0.05) is 49.2 Å². The lowest BCUT2D eigenvalue weighted by atomic mass is 9.95. The number of fused-ring (bicyclic) bond motifs is 1. The number of aromatic nitrogens is 2. The molecular weight excluding hydrogens is 401 g/mol. The van der Waals surface area contributed by atoms with Gasteiger partial charge < -0.3 is 5.32 Å². The number of hydrogen-bond acceptors (Lipinski definition) is 4. The minimum absolute atomic E-state index is 0.0694. The lowest BCUT2D eigenvalue weighted by Gasteiger charge is -2.24. The van der Waals surface area contributed by atoms with E-state index in [2.05, 4.69) is 10.3 Å². The zero-order valence-electron chi connectivity index (χ0n) is 16.8. The van der Waals surface area contributed by atoms with Crippen molar-refractivity contribution in [2.75, 3.05) is 0 Å². The average molecular weight is 426 g/mol. The van der Waals surface area contributed by atoms with Crippen LogP contribution >= 0.6 is 11.8 Å². The maximum atomic E-state index is 13.9. The summed E-state index contributed by atoms with van der Waals surface area (Å²) in [4.78, 5) is 30.6. The fourth-order valence-corrected chi connectivity index (χ4v) is 4.75. The molecule has 1 heterocycles. The molecule has 3 aromatic rings. The molecule has 156 valence electrons. The van der Waals surface area contributed by atoms with Crippen molar-refractivity contribution in [3.63, 3.8) is 0 Å². The second-order valence-electron chi connectivity index (χ2n) is 7.64. The molecule has 1 aliphatic rings. The highest BCUT2D eigenvalue weighted by molar-refractivity contribution is 8.00. The molecule has 4 rings (SSSR count). The number of halogens is 1. The smallest absolute Gasteiger partial charge is 0.266 e. The average Bonchev–Trinajstić information content (AvgIpc) is 2.74. The van der Waals surface area contributed by atoms with Crippen LogP contribution < -0.4 is 10.9 Å². The van der Waals surface area contributed by atoms with Crippen LogP contribution in [0.5, 0.6) is 0 Å². The number of rotatable bonds is 5. The Hall–Kier alpha value is -2.67. The number of amides is 1. The van der Waals surface area contributed by atoms with Crippen LogP contribution in [0.1, 0.15) is 39.0 Å². The van der Waals surface area contributed by atoms with Crippen LogP contribution in [0.2, 0.25) is 0 Å². The minimum Gasteiger partial charge on any atom is -0.352 e. The Labute approximate surface area is 178 Å². The number of carbonyl (C=O) groups excluding carboxylic acids is 1. The Balaban J connectivity index is 1.69. The molecule has 0 spiro atoms. The number of nitrogens with one attached hydrogen (secondary N) is 1. The lowest BCUT2D eigenvalue weighted by molar-refractivity contribution is -0.121. The molecule has 0 saturated heterocycles. The minimum atomic E-state index is -0.445. The molecule has 1 N–H and O–H groups in total. The SMILES string of the molecule is CC(Sc1nc2ccccc2c(=O)n1-c1cccc(F)c1)C(=O)NC1CCCCC1. The molecule has 30 heavy (non-hydrogen) atoms. The molecule has 5 nitrogen and oxygen atoms in total. The van der Waals surface area contributed by atoms with Crippen molar-refractivity contribution in [3.05, 3.63) is 64.7 Å². The number of para-hydroxylation sites is 1. The highest BCUT2D eigenvalue weighted by atomic mass is 32.2. The van der Waals surface area contributed by atoms with Crippen molar-refractivity contribution >= 4 is 28.6 Å². The molecular formula is C23H24FN3O2S. The summed E-state index contributed by atoms with van der Waals surface area (Å²) in [6, 6.07) is 13.1. The van der Waals surface area contributed by atoms with Crippen LogP contribution in [0, 0.1) is 5.82 Å². The van der Waals surface area contributed by atoms with Crippen LogP contribution in [0.25, 0.3) is 16.6 Å². The van der Waals surface area contributed by atoms with E-state index in [-0.39, 0.29) is 17.5 Å². The fourth-order valence-electron chi connectivity index (χ4n) is 3.81. The monoisotopic (exact) mass is 425 g/mol. The maximum absolute atomic E-state index is 13.9. The third kappa shape index (κ3) is 4.41. The number of nitrogens with zero attached hydrogens (tertiary/aromatic N) is 2. The van der Waals surface area contributed by atoms with Crippen molar-refractivity contribution in [2.45, 2.75) is 55.5 Å². The molecule has 1 aliphatic carbocycles. The standard InChI is InChI=1S/C23H24FN3O2S/c1-15(21(28)25-17-9-3-2-4-10-17)30-23-26-20-13-6-5-12-19(20)22(29)27(23)18-11-7-8-16(24)14-18/h5-8,11-15,17H,2-4,9-10H2,1H3,(H,25,28). The first-order chi connectivity index (χ1) is 14.5. The van der Waals surface area contributed by atoms with Crippen LogP contribution in [0.4, 0.5) is 4.39 Å². The van der Waals surface area contributed by atoms with Gasteiger partial charge in [-0.05, 0) is 50.1 Å². The molecule has 1 unspecified atom stereocenters. The topological polar surface area (TPSA) is 64.0 Å². The van der Waals surface area contributed by atoms with E-state index in [1.165, 1.54) is 34.9 Å². The van der Waals surface area contributed by atoms with Crippen molar-refractivity contribution in [3.8, 4) is 5.69 Å². The summed E-state index contributed by atoms with van der Waals surface area (Å²) in [6.45, 7) is 1.81. The van der Waals surface area contributed by atoms with Gasteiger partial charge in [-0.3, -0.25) is 14.2 Å². The van der Waals surface area contributed by atoms with Crippen LogP contribution in [-0.4, -0.2) is 26.8 Å². The Kier molecular flexibility index (Phi) is 6.18. The van der Waals surface area contributed by atoms with E-state index in [1.54, 1.807) is 37.3 Å². The first-order valence-corrected chi connectivity index (χ1v) is 11.2. The van der Waals surface area contributed by atoms with E-state index in [0.717, 1.165) is 25.7 Å². The van der Waals surface area contributed by atoms with Gasteiger partial charge in [0.25, 0.3) is 5.56 Å². The van der Waals surface area contributed by atoms with Gasteiger partial charge in [0, 0.05) is 6.04 Å². The highest BCUT2D eigenvalue weighted by Crippen LogP contribution is 2.26. The Bertz CT molecular complexity index is 1120. The summed E-state index contributed by atoms with van der Waals surface area (Å²) < 4.78 is 15.3. The molecule has 1 aromatic heterocycles. The van der Waals surface area contributed by atoms with E-state index >= 15 is 0 Å². The van der Waals surface area contributed by atoms with E-state index in [4.69, 9.17) is 0 Å². The fraction of sp³-hybridized carbons (Fsp3) is 0.348. The van der Waals surface area contributed by atoms with Crippen molar-refractivity contribution in [1.82, 2.24) is 14.9 Å². The first-order valence-electron chi connectivity index (χ1n) is 10.3. The highest BCUT2D eigenvalue weighted by Gasteiger charge is 2.23. The number of hydrogen-bond donors (Lipinski definition) is 1. The zero-order chi connectivity index (χ0) is 21.1. The first kappa shape index (κ1) is 20.6. The van der Waals surface area contributed by atoms with Gasteiger partial charge in [0.2, 0.25) is 5.91 Å². The van der Waals surface area contributed by atoms with Crippen molar-refractivity contribution in [1.29, 1.82) is 0 Å². The Morgan fingerprint density at radius 1 is 1.17 bits per heavy atom. The van der Waals surface area contributed by atoms with Gasteiger partial charge in [0.05, 0.1) is 21.8 Å². The normalized spacial score (nSPS) is 15.8. The number of thioether (sulfide) groups is 1. The summed E-state index contributed by atoms with van der Waals surface area (Å²) >= 11 is 1.21. The van der Waals surface area contributed by atoms with Gasteiger partial charge in [-0.15, -0.1) is 0 Å². The van der Waals surface area contributed by atoms with Gasteiger partial charge in [-0.2, -0.15) is 0 Å². The molecule has 1 amide bonds. The third-order valence-electron chi connectivity index (χ3n) is 5.41. The molecule has 7 heteroatoms. The second kappa shape index (κ2) is 9.00. The Morgan fingerprint density at radius 3 is 2.70 bits per heavy atom. The quantitative estimate of drug-likeness (QED) is 0.484. The van der Waals surface area contributed by atoms with E-state index in [0.29, 0.717) is 21.7 Å². The second-order valence-corrected chi connectivity index (χ2v) is 8.94. The molecule has 0 bridgehead atoms. The van der Waals surface area contributed by atoms with Crippen molar-refractivity contribution < 1.29 is 9.18 Å². The van der Waals surface area contributed by atoms with E-state index < -0.39 is 11.1 Å². The summed E-state index contributed by atoms with van der Waals surface area (Å²) in [5, 5.41) is 3.50. The summed E-state index contributed by atoms with van der Waals surface area (Å²) in [5.74, 6) is -0.508. The molecule has 0 radical (unpaired) electrons. The van der Waals surface area contributed by atoms with E-state index in [1.807, 2.05) is 6.07 Å². The van der Waals surface area contributed by atoms with Gasteiger partial charge in [0.15, 0.2) is 5.16 Å². The molecule has 1 fully saturated rings. The lowest BCUT2D eigenvalue weighted by Crippen LogP contribution is -2.40. The summed E-state index contributed by atoms with van der Waals surface area (Å²) in [7, 11) is 0. The predicted molar refractivity (Wildman–Crippen MR) is 118 cm³/mol. The molecule has 2 aromatic carbocycles. The molecule has 0 aliphatic heterocycles. The van der Waals surface area contributed by atoms with Gasteiger partial charge in [0.1, 0.15) is 5.82 Å². The van der Waals surface area contributed by atoms with Gasteiger partial charge >= 0.3 is 0 Å². The number of carbonyl (C=O) groups is 1. The summed E-state index contributed by atoms with van der Waals surface area (Å²) in [5.41, 5.74) is 0.659. The molecule has 1 saturated carbocycles. The van der Waals surface area contributed by atoms with Crippen LogP contribution in [-0.2, 0) is 4.79 Å². The largest absolute Gasteiger partial charge is 0.352 e. The van der Waals surface area contributed by atoms with Gasteiger partial charge in [-0.25, -0.2) is 9.37 Å². The summed E-state index contributed by atoms with van der Waals surface area (Å²) in [6.07, 6.45) is 5.50. The Morgan fingerprint density at radius 2 is 1.93 bits per heavy atom. The van der Waals surface area contributed by atoms with Crippen LogP contribution in [0.3, 0.4) is 0 Å². The number of benzene rings is 2. The molecule has 1 atom stereocenters. The van der Waals surface area contributed by atoms with Crippen LogP contribution in [0.15, 0.2) is 58.5 Å². The zero-order valence-corrected chi connectivity index (χ0v) is 17.6. The van der Waals surface area contributed by atoms with Crippen molar-refractivity contribution in [2.24, 2.45) is 0 Å².